The SMILES string of the molecule is CC(CN(C)c1cnccn1)C(N)=NO. The van der Waals surface area contributed by atoms with Crippen molar-refractivity contribution in [3.8, 4) is 0 Å². The van der Waals surface area contributed by atoms with Crippen LogP contribution >= 0.6 is 0 Å². The van der Waals surface area contributed by atoms with E-state index in [0.29, 0.717) is 6.54 Å². The van der Waals surface area contributed by atoms with E-state index in [9.17, 15) is 0 Å². The number of rotatable bonds is 4. The average molecular weight is 209 g/mol. The quantitative estimate of drug-likeness (QED) is 0.322. The largest absolute Gasteiger partial charge is 0.409 e. The predicted molar refractivity (Wildman–Crippen MR) is 57.9 cm³/mol. The molecule has 6 nitrogen and oxygen atoms in total. The number of anilines is 1. The van der Waals surface area contributed by atoms with E-state index in [1.807, 2.05) is 18.9 Å². The summed E-state index contributed by atoms with van der Waals surface area (Å²) in [6.07, 6.45) is 4.91. The molecule has 1 aromatic rings. The molecule has 0 aromatic carbocycles. The van der Waals surface area contributed by atoms with Gasteiger partial charge in [-0.2, -0.15) is 0 Å². The first-order valence-corrected chi connectivity index (χ1v) is 4.59. The fraction of sp³-hybridized carbons (Fsp3) is 0.444. The summed E-state index contributed by atoms with van der Waals surface area (Å²) in [7, 11) is 1.88. The van der Waals surface area contributed by atoms with Gasteiger partial charge in [-0.1, -0.05) is 12.1 Å². The molecule has 0 fully saturated rings. The van der Waals surface area contributed by atoms with Crippen LogP contribution in [-0.4, -0.2) is 34.6 Å². The van der Waals surface area contributed by atoms with E-state index >= 15 is 0 Å². The summed E-state index contributed by atoms with van der Waals surface area (Å²) in [6.45, 7) is 2.50. The highest BCUT2D eigenvalue weighted by molar-refractivity contribution is 5.82. The molecular weight excluding hydrogens is 194 g/mol. The van der Waals surface area contributed by atoms with Crippen LogP contribution in [0.1, 0.15) is 6.92 Å². The minimum absolute atomic E-state index is 0.0398. The lowest BCUT2D eigenvalue weighted by atomic mass is 10.1. The molecule has 0 spiro atoms. The number of oxime groups is 1. The van der Waals surface area contributed by atoms with Crippen LogP contribution in [0, 0.1) is 5.92 Å². The lowest BCUT2D eigenvalue weighted by molar-refractivity contribution is 0.314. The van der Waals surface area contributed by atoms with Crippen LogP contribution in [0.2, 0.25) is 0 Å². The van der Waals surface area contributed by atoms with Crippen LogP contribution in [0.25, 0.3) is 0 Å². The second-order valence-electron chi connectivity index (χ2n) is 3.37. The molecule has 0 saturated carbocycles. The maximum Gasteiger partial charge on any atom is 0.146 e. The highest BCUT2D eigenvalue weighted by Gasteiger charge is 2.11. The van der Waals surface area contributed by atoms with Gasteiger partial charge < -0.3 is 15.8 Å². The Morgan fingerprint density at radius 1 is 1.67 bits per heavy atom. The van der Waals surface area contributed by atoms with Gasteiger partial charge in [0.05, 0.1) is 6.20 Å². The third kappa shape index (κ3) is 3.08. The summed E-state index contributed by atoms with van der Waals surface area (Å²) in [5, 5.41) is 11.5. The van der Waals surface area contributed by atoms with Crippen molar-refractivity contribution in [1.29, 1.82) is 0 Å². The Balaban J connectivity index is 2.60. The van der Waals surface area contributed by atoms with E-state index in [0.717, 1.165) is 5.82 Å². The van der Waals surface area contributed by atoms with Crippen LogP contribution in [0.15, 0.2) is 23.7 Å². The summed E-state index contributed by atoms with van der Waals surface area (Å²) >= 11 is 0. The molecular formula is C9H15N5O. The number of hydrogen-bond acceptors (Lipinski definition) is 5. The molecule has 3 N–H and O–H groups in total. The monoisotopic (exact) mass is 209 g/mol. The van der Waals surface area contributed by atoms with Gasteiger partial charge in [-0.15, -0.1) is 0 Å². The summed E-state index contributed by atoms with van der Waals surface area (Å²) < 4.78 is 0. The molecule has 1 rings (SSSR count). The lowest BCUT2D eigenvalue weighted by Gasteiger charge is -2.21. The minimum Gasteiger partial charge on any atom is -0.409 e. The van der Waals surface area contributed by atoms with Crippen molar-refractivity contribution >= 4 is 11.7 Å². The highest BCUT2D eigenvalue weighted by Crippen LogP contribution is 2.07. The smallest absolute Gasteiger partial charge is 0.146 e. The summed E-state index contributed by atoms with van der Waals surface area (Å²) in [4.78, 5) is 10.00. The number of aromatic nitrogens is 2. The van der Waals surface area contributed by atoms with Crippen LogP contribution < -0.4 is 10.6 Å². The van der Waals surface area contributed by atoms with E-state index < -0.39 is 0 Å². The zero-order valence-corrected chi connectivity index (χ0v) is 8.83. The Morgan fingerprint density at radius 3 is 2.93 bits per heavy atom. The van der Waals surface area contributed by atoms with Gasteiger partial charge in [0, 0.05) is 31.9 Å². The van der Waals surface area contributed by atoms with Gasteiger partial charge >= 0.3 is 0 Å². The molecule has 0 saturated heterocycles. The average Bonchev–Trinajstić information content (AvgIpc) is 2.29. The normalized spacial score (nSPS) is 13.6. The summed E-state index contributed by atoms with van der Waals surface area (Å²) in [5.74, 6) is 0.933. The Bertz CT molecular complexity index is 327. The molecule has 0 aliphatic carbocycles. The lowest BCUT2D eigenvalue weighted by Crippen LogP contribution is -2.33. The number of amidine groups is 1. The summed E-state index contributed by atoms with van der Waals surface area (Å²) in [5.41, 5.74) is 5.48. The highest BCUT2D eigenvalue weighted by atomic mass is 16.4. The van der Waals surface area contributed by atoms with Gasteiger partial charge in [0.25, 0.3) is 0 Å². The van der Waals surface area contributed by atoms with Crippen molar-refractivity contribution in [2.45, 2.75) is 6.92 Å². The first kappa shape index (κ1) is 11.2. The first-order chi connectivity index (χ1) is 7.15. The first-order valence-electron chi connectivity index (χ1n) is 4.59. The number of nitrogens with zero attached hydrogens (tertiary/aromatic N) is 4. The second kappa shape index (κ2) is 5.14. The number of nitrogens with two attached hydrogens (primary N) is 1. The predicted octanol–water partition coefficient (Wildman–Crippen LogP) is 0.295. The van der Waals surface area contributed by atoms with Crippen molar-refractivity contribution < 1.29 is 5.21 Å². The molecule has 1 atom stereocenters. The van der Waals surface area contributed by atoms with Gasteiger partial charge in [-0.05, 0) is 0 Å². The van der Waals surface area contributed by atoms with Crippen LogP contribution in [0.5, 0.6) is 0 Å². The van der Waals surface area contributed by atoms with Crippen molar-refractivity contribution in [2.75, 3.05) is 18.5 Å². The van der Waals surface area contributed by atoms with Crippen molar-refractivity contribution in [1.82, 2.24) is 9.97 Å². The standard InChI is InChI=1S/C9H15N5O/c1-7(9(10)13-15)6-14(2)8-5-11-3-4-12-8/h3-5,7,15H,6H2,1-2H3,(H2,10,13). The van der Waals surface area contributed by atoms with Crippen molar-refractivity contribution in [2.24, 2.45) is 16.8 Å². The van der Waals surface area contributed by atoms with E-state index in [2.05, 4.69) is 15.1 Å². The second-order valence-corrected chi connectivity index (χ2v) is 3.37. The van der Waals surface area contributed by atoms with Gasteiger partial charge in [0.15, 0.2) is 0 Å². The van der Waals surface area contributed by atoms with Gasteiger partial charge in [-0.3, -0.25) is 4.98 Å². The van der Waals surface area contributed by atoms with Crippen LogP contribution in [0.3, 0.4) is 0 Å². The molecule has 6 heteroatoms. The molecule has 0 aliphatic heterocycles. The van der Waals surface area contributed by atoms with E-state index in [4.69, 9.17) is 10.9 Å². The van der Waals surface area contributed by atoms with Crippen molar-refractivity contribution in [3.63, 3.8) is 0 Å². The maximum absolute atomic E-state index is 8.51. The Morgan fingerprint density at radius 2 is 2.40 bits per heavy atom. The van der Waals surface area contributed by atoms with Crippen LogP contribution in [-0.2, 0) is 0 Å². The third-order valence-corrected chi connectivity index (χ3v) is 2.11. The molecule has 15 heavy (non-hydrogen) atoms. The molecule has 0 radical (unpaired) electrons. The van der Waals surface area contributed by atoms with E-state index in [1.165, 1.54) is 0 Å². The molecule has 82 valence electrons. The van der Waals surface area contributed by atoms with Crippen molar-refractivity contribution in [3.05, 3.63) is 18.6 Å². The van der Waals surface area contributed by atoms with Gasteiger partial charge in [-0.25, -0.2) is 4.98 Å². The zero-order valence-electron chi connectivity index (χ0n) is 8.83. The van der Waals surface area contributed by atoms with Crippen LogP contribution in [0.4, 0.5) is 5.82 Å². The van der Waals surface area contributed by atoms with Gasteiger partial charge in [0.2, 0.25) is 0 Å². The topological polar surface area (TPSA) is 87.6 Å². The molecule has 1 heterocycles. The molecule has 0 aliphatic rings. The van der Waals surface area contributed by atoms with E-state index in [1.54, 1.807) is 18.6 Å². The third-order valence-electron chi connectivity index (χ3n) is 2.11. The maximum atomic E-state index is 8.51. The Kier molecular flexibility index (Phi) is 3.84. The fourth-order valence-corrected chi connectivity index (χ4v) is 1.18. The van der Waals surface area contributed by atoms with E-state index in [-0.39, 0.29) is 11.8 Å². The van der Waals surface area contributed by atoms with Gasteiger partial charge in [0.1, 0.15) is 11.7 Å². The Hall–Kier alpha value is -1.85. The minimum atomic E-state index is -0.0398. The molecule has 1 aromatic heterocycles. The Labute approximate surface area is 88.4 Å². The fourth-order valence-electron chi connectivity index (χ4n) is 1.18. The molecule has 0 bridgehead atoms. The molecule has 0 amide bonds. The zero-order chi connectivity index (χ0) is 11.3. The summed E-state index contributed by atoms with van der Waals surface area (Å²) in [6, 6.07) is 0. The number of hydrogen-bond donors (Lipinski definition) is 2. The molecule has 1 unspecified atom stereocenters.